The third-order valence-corrected chi connectivity index (χ3v) is 4.86. The van der Waals surface area contributed by atoms with Gasteiger partial charge in [-0.25, -0.2) is 0 Å². The summed E-state index contributed by atoms with van der Waals surface area (Å²) in [6, 6.07) is 6.36. The fourth-order valence-electron chi connectivity index (χ4n) is 3.24. The normalized spacial score (nSPS) is 18.3. The zero-order chi connectivity index (χ0) is 20.1. The van der Waals surface area contributed by atoms with Gasteiger partial charge in [-0.05, 0) is 43.6 Å². The number of hydrogen-bond acceptors (Lipinski definition) is 6. The first kappa shape index (κ1) is 22.6. The van der Waals surface area contributed by atoms with Crippen molar-refractivity contribution >= 4 is 29.9 Å². The summed E-state index contributed by atoms with van der Waals surface area (Å²) in [7, 11) is 2.99. The molecule has 2 atom stereocenters. The summed E-state index contributed by atoms with van der Waals surface area (Å²) in [5.41, 5.74) is 0.612. The number of ether oxygens (including phenoxy) is 2. The fourth-order valence-corrected chi connectivity index (χ4v) is 3.24. The van der Waals surface area contributed by atoms with Crippen molar-refractivity contribution < 1.29 is 23.5 Å². The Labute approximate surface area is 175 Å². The van der Waals surface area contributed by atoms with Gasteiger partial charge in [-0.1, -0.05) is 6.92 Å². The zero-order valence-corrected chi connectivity index (χ0v) is 17.4. The fraction of sp³-hybridized carbons (Fsp3) is 0.400. The quantitative estimate of drug-likeness (QED) is 0.660. The molecule has 3 rings (SSSR count). The van der Waals surface area contributed by atoms with E-state index in [9.17, 15) is 9.59 Å². The minimum Gasteiger partial charge on any atom is -0.493 e. The van der Waals surface area contributed by atoms with Gasteiger partial charge in [0.05, 0.1) is 31.7 Å². The molecule has 1 saturated heterocycles. The van der Waals surface area contributed by atoms with E-state index in [1.807, 2.05) is 0 Å². The van der Waals surface area contributed by atoms with E-state index in [0.717, 1.165) is 19.5 Å². The highest BCUT2D eigenvalue weighted by Crippen LogP contribution is 2.34. The van der Waals surface area contributed by atoms with E-state index >= 15 is 0 Å². The maximum Gasteiger partial charge on any atom is 0.291 e. The topological polar surface area (TPSA) is 102 Å². The van der Waals surface area contributed by atoms with Gasteiger partial charge in [0.25, 0.3) is 11.8 Å². The molecule has 2 amide bonds. The Morgan fingerprint density at radius 1 is 1.17 bits per heavy atom. The summed E-state index contributed by atoms with van der Waals surface area (Å²) in [5, 5.41) is 9.11. The van der Waals surface area contributed by atoms with E-state index in [0.29, 0.717) is 28.7 Å². The molecular formula is C20H26ClN3O5. The molecule has 1 aromatic carbocycles. The Morgan fingerprint density at radius 2 is 1.90 bits per heavy atom. The average Bonchev–Trinajstić information content (AvgIpc) is 3.24. The second-order valence-corrected chi connectivity index (χ2v) is 6.73. The van der Waals surface area contributed by atoms with Crippen molar-refractivity contribution in [3.8, 4) is 11.5 Å². The number of carbonyl (C=O) groups is 2. The monoisotopic (exact) mass is 423 g/mol. The molecule has 29 heavy (non-hydrogen) atoms. The standard InChI is InChI=1S/C20H25N3O5.ClH/c1-12-11-21-7-6-14(12)22-19(24)13-9-17(26-2)18(27-3)10-15(13)23-20(25)16-5-4-8-28-16;/h4-5,8-10,12,14,21H,6-7,11H2,1-3H3,(H,22,24)(H,23,25);1H. The molecule has 3 N–H and O–H groups in total. The van der Waals surface area contributed by atoms with Crippen LogP contribution in [0.3, 0.4) is 0 Å². The number of carbonyl (C=O) groups excluding carboxylic acids is 2. The molecule has 0 spiro atoms. The van der Waals surface area contributed by atoms with Crippen LogP contribution in [-0.2, 0) is 0 Å². The number of nitrogens with one attached hydrogen (secondary N) is 3. The highest BCUT2D eigenvalue weighted by atomic mass is 35.5. The van der Waals surface area contributed by atoms with Crippen LogP contribution in [0.5, 0.6) is 11.5 Å². The molecule has 0 bridgehead atoms. The Morgan fingerprint density at radius 3 is 2.52 bits per heavy atom. The highest BCUT2D eigenvalue weighted by Gasteiger charge is 2.26. The maximum atomic E-state index is 13.0. The molecule has 2 aromatic rings. The molecule has 158 valence electrons. The predicted octanol–water partition coefficient (Wildman–Crippen LogP) is 2.70. The van der Waals surface area contributed by atoms with Crippen molar-refractivity contribution in [1.82, 2.24) is 10.6 Å². The maximum absolute atomic E-state index is 13.0. The Kier molecular flexibility index (Phi) is 7.92. The van der Waals surface area contributed by atoms with Gasteiger partial charge in [-0.2, -0.15) is 0 Å². The largest absolute Gasteiger partial charge is 0.493 e. The van der Waals surface area contributed by atoms with Gasteiger partial charge < -0.3 is 29.8 Å². The van der Waals surface area contributed by atoms with Crippen LogP contribution in [-0.4, -0.2) is 45.2 Å². The molecule has 0 aliphatic carbocycles. The predicted molar refractivity (Wildman–Crippen MR) is 111 cm³/mol. The molecule has 1 aromatic heterocycles. The van der Waals surface area contributed by atoms with Crippen LogP contribution in [0, 0.1) is 5.92 Å². The zero-order valence-electron chi connectivity index (χ0n) is 16.6. The average molecular weight is 424 g/mol. The van der Waals surface area contributed by atoms with Gasteiger partial charge in [-0.15, -0.1) is 12.4 Å². The third kappa shape index (κ3) is 5.21. The lowest BCUT2D eigenvalue weighted by atomic mass is 9.95. The van der Waals surface area contributed by atoms with Crippen LogP contribution < -0.4 is 25.4 Å². The number of piperidine rings is 1. The highest BCUT2D eigenvalue weighted by molar-refractivity contribution is 6.08. The lowest BCUT2D eigenvalue weighted by Gasteiger charge is -2.30. The molecule has 1 aliphatic heterocycles. The van der Waals surface area contributed by atoms with Gasteiger partial charge in [0.2, 0.25) is 0 Å². The van der Waals surface area contributed by atoms with Crippen molar-refractivity contribution in [2.75, 3.05) is 32.6 Å². The molecule has 8 nitrogen and oxygen atoms in total. The van der Waals surface area contributed by atoms with E-state index in [1.165, 1.54) is 20.5 Å². The third-order valence-electron chi connectivity index (χ3n) is 4.86. The van der Waals surface area contributed by atoms with Crippen molar-refractivity contribution in [1.29, 1.82) is 0 Å². The first-order valence-electron chi connectivity index (χ1n) is 9.16. The Bertz CT molecular complexity index is 841. The summed E-state index contributed by atoms with van der Waals surface area (Å²) in [6.45, 7) is 3.79. The van der Waals surface area contributed by atoms with Crippen LogP contribution in [0.25, 0.3) is 0 Å². The van der Waals surface area contributed by atoms with Gasteiger partial charge in [0, 0.05) is 12.1 Å². The minimum absolute atomic E-state index is 0. The number of hydrogen-bond donors (Lipinski definition) is 3. The SMILES string of the molecule is COc1cc(NC(=O)c2ccco2)c(C(=O)NC2CCNCC2C)cc1OC.Cl. The second-order valence-electron chi connectivity index (χ2n) is 6.73. The second kappa shape index (κ2) is 10.2. The lowest BCUT2D eigenvalue weighted by molar-refractivity contribution is 0.0914. The lowest BCUT2D eigenvalue weighted by Crippen LogP contribution is -2.48. The number of methoxy groups -OCH3 is 2. The van der Waals surface area contributed by atoms with Gasteiger partial charge >= 0.3 is 0 Å². The van der Waals surface area contributed by atoms with Gasteiger partial charge in [0.1, 0.15) is 0 Å². The number of rotatable bonds is 6. The summed E-state index contributed by atoms with van der Waals surface area (Å²) in [5.74, 6) is 0.522. The number of anilines is 1. The summed E-state index contributed by atoms with van der Waals surface area (Å²) in [6.07, 6.45) is 2.25. The summed E-state index contributed by atoms with van der Waals surface area (Å²) in [4.78, 5) is 25.4. The molecule has 0 saturated carbocycles. The summed E-state index contributed by atoms with van der Waals surface area (Å²) >= 11 is 0. The van der Waals surface area contributed by atoms with Crippen molar-refractivity contribution in [2.45, 2.75) is 19.4 Å². The number of amides is 2. The number of benzene rings is 1. The van der Waals surface area contributed by atoms with Crippen molar-refractivity contribution in [3.05, 3.63) is 41.9 Å². The van der Waals surface area contributed by atoms with Gasteiger partial charge in [-0.3, -0.25) is 9.59 Å². The smallest absolute Gasteiger partial charge is 0.291 e. The Balaban J connectivity index is 0.00000300. The van der Waals surface area contributed by atoms with E-state index in [2.05, 4.69) is 22.9 Å². The van der Waals surface area contributed by atoms with Crippen LogP contribution in [0.2, 0.25) is 0 Å². The molecule has 2 unspecified atom stereocenters. The van der Waals surface area contributed by atoms with Crippen molar-refractivity contribution in [3.63, 3.8) is 0 Å². The molecule has 1 fully saturated rings. The molecule has 2 heterocycles. The van der Waals surface area contributed by atoms with E-state index in [1.54, 1.807) is 24.3 Å². The first-order chi connectivity index (χ1) is 13.5. The number of halogens is 1. The molecule has 0 radical (unpaired) electrons. The number of furan rings is 1. The van der Waals surface area contributed by atoms with Gasteiger partial charge in [0.15, 0.2) is 17.3 Å². The first-order valence-corrected chi connectivity index (χ1v) is 9.16. The molecule has 1 aliphatic rings. The summed E-state index contributed by atoms with van der Waals surface area (Å²) < 4.78 is 15.8. The Hall–Kier alpha value is -2.71. The van der Waals surface area contributed by atoms with E-state index < -0.39 is 5.91 Å². The minimum atomic E-state index is -0.457. The van der Waals surface area contributed by atoms with E-state index in [-0.39, 0.29) is 30.1 Å². The van der Waals surface area contributed by atoms with Crippen LogP contribution in [0.4, 0.5) is 5.69 Å². The van der Waals surface area contributed by atoms with Crippen LogP contribution in [0.1, 0.15) is 34.3 Å². The van der Waals surface area contributed by atoms with E-state index in [4.69, 9.17) is 13.9 Å². The van der Waals surface area contributed by atoms with Crippen LogP contribution >= 0.6 is 12.4 Å². The van der Waals surface area contributed by atoms with Crippen molar-refractivity contribution in [2.24, 2.45) is 5.92 Å². The van der Waals surface area contributed by atoms with Crippen LogP contribution in [0.15, 0.2) is 34.9 Å². The molecule has 9 heteroatoms. The molecular weight excluding hydrogens is 398 g/mol.